The number of benzene rings is 3. The molecule has 0 aromatic heterocycles. The quantitative estimate of drug-likeness (QED) is 0.513. The van der Waals surface area contributed by atoms with Gasteiger partial charge in [-0.05, 0) is 50.5 Å². The zero-order valence-corrected chi connectivity index (χ0v) is 14.9. The number of phenols is 1. The van der Waals surface area contributed by atoms with Crippen molar-refractivity contribution in [3.05, 3.63) is 70.2 Å². The molecule has 1 amide bonds. The van der Waals surface area contributed by atoms with Gasteiger partial charge in [-0.25, -0.2) is 5.43 Å². The van der Waals surface area contributed by atoms with Crippen LogP contribution in [0.4, 0.5) is 0 Å². The van der Waals surface area contributed by atoms with E-state index in [9.17, 15) is 9.90 Å². The second-order valence-electron chi connectivity index (χ2n) is 5.28. The van der Waals surface area contributed by atoms with Crippen LogP contribution >= 0.6 is 15.9 Å². The summed E-state index contributed by atoms with van der Waals surface area (Å²) < 4.78 is 5.56. The summed E-state index contributed by atoms with van der Waals surface area (Å²) in [5.41, 5.74) is 3.74. The minimum atomic E-state index is -0.294. The van der Waals surface area contributed by atoms with E-state index in [0.717, 1.165) is 10.8 Å². The number of hydrazone groups is 1. The van der Waals surface area contributed by atoms with E-state index in [1.165, 1.54) is 13.3 Å². The minimum Gasteiger partial charge on any atom is -0.503 e. The molecule has 0 aliphatic rings. The number of hydrogen-bond donors (Lipinski definition) is 2. The summed E-state index contributed by atoms with van der Waals surface area (Å²) in [7, 11) is 1.46. The Bertz CT molecular complexity index is 965. The standard InChI is InChI=1S/C19H15BrN2O3/c1-25-17-10-12(9-16(20)18(17)23)11-21-22-19(24)15-8-4-6-13-5-2-3-7-14(13)15/h2-11,23H,1H3,(H,22,24). The second kappa shape index (κ2) is 7.36. The second-order valence-corrected chi connectivity index (χ2v) is 6.13. The first-order valence-corrected chi connectivity index (χ1v) is 8.27. The van der Waals surface area contributed by atoms with Crippen molar-refractivity contribution in [3.63, 3.8) is 0 Å². The van der Waals surface area contributed by atoms with Crippen LogP contribution in [0.15, 0.2) is 64.2 Å². The van der Waals surface area contributed by atoms with Crippen molar-refractivity contribution < 1.29 is 14.6 Å². The summed E-state index contributed by atoms with van der Waals surface area (Å²) in [4.78, 5) is 12.4. The SMILES string of the molecule is COc1cc(C=NNC(=O)c2cccc3ccccc23)cc(Br)c1O. The lowest BCUT2D eigenvalue weighted by atomic mass is 10.0. The number of methoxy groups -OCH3 is 1. The van der Waals surface area contributed by atoms with E-state index in [2.05, 4.69) is 26.5 Å². The number of carbonyl (C=O) groups excluding carboxylic acids is 1. The molecule has 2 N–H and O–H groups in total. The van der Waals surface area contributed by atoms with Gasteiger partial charge in [-0.3, -0.25) is 4.79 Å². The van der Waals surface area contributed by atoms with Gasteiger partial charge in [-0.1, -0.05) is 36.4 Å². The maximum atomic E-state index is 12.4. The third-order valence-corrected chi connectivity index (χ3v) is 4.29. The van der Waals surface area contributed by atoms with E-state index in [-0.39, 0.29) is 11.7 Å². The van der Waals surface area contributed by atoms with Gasteiger partial charge in [0.15, 0.2) is 11.5 Å². The zero-order chi connectivity index (χ0) is 17.8. The Morgan fingerprint density at radius 1 is 1.20 bits per heavy atom. The molecule has 0 unspecified atom stereocenters. The van der Waals surface area contributed by atoms with Crippen molar-refractivity contribution in [3.8, 4) is 11.5 Å². The number of fused-ring (bicyclic) bond motifs is 1. The normalized spacial score (nSPS) is 11.0. The van der Waals surface area contributed by atoms with Gasteiger partial charge in [-0.15, -0.1) is 0 Å². The van der Waals surface area contributed by atoms with Crippen LogP contribution in [0.3, 0.4) is 0 Å². The van der Waals surface area contributed by atoms with Crippen LogP contribution < -0.4 is 10.2 Å². The summed E-state index contributed by atoms with van der Waals surface area (Å²) in [6.07, 6.45) is 1.48. The Hall–Kier alpha value is -2.86. The number of aromatic hydroxyl groups is 1. The van der Waals surface area contributed by atoms with Crippen LogP contribution in [0, 0.1) is 0 Å². The molecule has 0 spiro atoms. The number of halogens is 1. The topological polar surface area (TPSA) is 70.9 Å². The molecule has 3 rings (SSSR count). The molecular formula is C19H15BrN2O3. The predicted octanol–water partition coefficient (Wildman–Crippen LogP) is 4.08. The molecule has 0 saturated carbocycles. The molecule has 0 heterocycles. The van der Waals surface area contributed by atoms with E-state index >= 15 is 0 Å². The van der Waals surface area contributed by atoms with Crippen LogP contribution in [-0.4, -0.2) is 24.3 Å². The summed E-state index contributed by atoms with van der Waals surface area (Å²) in [6, 6.07) is 16.5. The predicted molar refractivity (Wildman–Crippen MR) is 101 cm³/mol. The molecule has 0 radical (unpaired) electrons. The monoisotopic (exact) mass is 398 g/mol. The molecule has 3 aromatic rings. The first kappa shape index (κ1) is 17.0. The highest BCUT2D eigenvalue weighted by Crippen LogP contribution is 2.34. The molecule has 0 saturated heterocycles. The average Bonchev–Trinajstić information content (AvgIpc) is 2.63. The van der Waals surface area contributed by atoms with Crippen molar-refractivity contribution in [2.45, 2.75) is 0 Å². The van der Waals surface area contributed by atoms with Gasteiger partial charge in [0.25, 0.3) is 5.91 Å². The van der Waals surface area contributed by atoms with Gasteiger partial charge in [-0.2, -0.15) is 5.10 Å². The van der Waals surface area contributed by atoms with E-state index in [4.69, 9.17) is 4.74 Å². The Kier molecular flexibility index (Phi) is 5.00. The highest BCUT2D eigenvalue weighted by atomic mass is 79.9. The van der Waals surface area contributed by atoms with E-state index in [1.54, 1.807) is 18.2 Å². The van der Waals surface area contributed by atoms with Gasteiger partial charge in [0, 0.05) is 5.56 Å². The van der Waals surface area contributed by atoms with Gasteiger partial charge < -0.3 is 9.84 Å². The van der Waals surface area contributed by atoms with E-state index in [1.807, 2.05) is 36.4 Å². The molecule has 25 heavy (non-hydrogen) atoms. The van der Waals surface area contributed by atoms with Crippen LogP contribution in [0.2, 0.25) is 0 Å². The smallest absolute Gasteiger partial charge is 0.271 e. The summed E-state index contributed by atoms with van der Waals surface area (Å²) in [5.74, 6) is 0.0357. The zero-order valence-electron chi connectivity index (χ0n) is 13.4. The van der Waals surface area contributed by atoms with Crippen LogP contribution in [0.5, 0.6) is 11.5 Å². The first-order chi connectivity index (χ1) is 12.1. The number of ether oxygens (including phenoxy) is 1. The Labute approximate surface area is 153 Å². The Morgan fingerprint density at radius 2 is 1.96 bits per heavy atom. The molecular weight excluding hydrogens is 384 g/mol. The number of phenolic OH excluding ortho intramolecular Hbond substituents is 1. The van der Waals surface area contributed by atoms with Gasteiger partial charge in [0.05, 0.1) is 17.8 Å². The van der Waals surface area contributed by atoms with Crippen LogP contribution in [0.1, 0.15) is 15.9 Å². The number of nitrogens with zero attached hydrogens (tertiary/aromatic N) is 1. The van der Waals surface area contributed by atoms with Gasteiger partial charge in [0.2, 0.25) is 0 Å². The van der Waals surface area contributed by atoms with Crippen molar-refractivity contribution in [2.75, 3.05) is 7.11 Å². The third kappa shape index (κ3) is 3.64. The molecule has 0 fully saturated rings. The number of rotatable bonds is 4. The molecule has 0 atom stereocenters. The number of amides is 1. The van der Waals surface area contributed by atoms with E-state index < -0.39 is 0 Å². The van der Waals surface area contributed by atoms with E-state index in [0.29, 0.717) is 21.3 Å². The number of carbonyl (C=O) groups is 1. The van der Waals surface area contributed by atoms with Crippen molar-refractivity contribution in [1.82, 2.24) is 5.43 Å². The lowest BCUT2D eigenvalue weighted by Gasteiger charge is -2.07. The fourth-order valence-electron chi connectivity index (χ4n) is 2.47. The van der Waals surface area contributed by atoms with Crippen molar-refractivity contribution >= 4 is 38.8 Å². The molecule has 0 aliphatic heterocycles. The Balaban J connectivity index is 1.80. The first-order valence-electron chi connectivity index (χ1n) is 7.48. The fourth-order valence-corrected chi connectivity index (χ4v) is 2.93. The lowest BCUT2D eigenvalue weighted by molar-refractivity contribution is 0.0957. The van der Waals surface area contributed by atoms with Crippen molar-refractivity contribution in [1.29, 1.82) is 0 Å². The van der Waals surface area contributed by atoms with Crippen LogP contribution in [-0.2, 0) is 0 Å². The minimum absolute atomic E-state index is 0.0134. The van der Waals surface area contributed by atoms with Crippen molar-refractivity contribution in [2.24, 2.45) is 5.10 Å². The molecule has 6 heteroatoms. The highest BCUT2D eigenvalue weighted by Gasteiger charge is 2.09. The maximum absolute atomic E-state index is 12.4. The van der Waals surface area contributed by atoms with Gasteiger partial charge >= 0.3 is 0 Å². The number of hydrogen-bond acceptors (Lipinski definition) is 4. The summed E-state index contributed by atoms with van der Waals surface area (Å²) in [5, 5.41) is 15.6. The largest absolute Gasteiger partial charge is 0.503 e. The molecule has 3 aromatic carbocycles. The van der Waals surface area contributed by atoms with Crippen LogP contribution in [0.25, 0.3) is 10.8 Å². The highest BCUT2D eigenvalue weighted by molar-refractivity contribution is 9.10. The maximum Gasteiger partial charge on any atom is 0.271 e. The third-order valence-electron chi connectivity index (χ3n) is 3.68. The molecule has 126 valence electrons. The fraction of sp³-hybridized carbons (Fsp3) is 0.0526. The summed E-state index contributed by atoms with van der Waals surface area (Å²) >= 11 is 3.24. The summed E-state index contributed by atoms with van der Waals surface area (Å²) in [6.45, 7) is 0. The number of nitrogens with one attached hydrogen (secondary N) is 1. The molecule has 0 bridgehead atoms. The van der Waals surface area contributed by atoms with Gasteiger partial charge in [0.1, 0.15) is 0 Å². The molecule has 0 aliphatic carbocycles. The Morgan fingerprint density at radius 3 is 2.76 bits per heavy atom. The average molecular weight is 399 g/mol. The molecule has 5 nitrogen and oxygen atoms in total. The lowest BCUT2D eigenvalue weighted by Crippen LogP contribution is -2.17.